The summed E-state index contributed by atoms with van der Waals surface area (Å²) < 4.78 is 5.48. The highest BCUT2D eigenvalue weighted by molar-refractivity contribution is 5.48. The van der Waals surface area contributed by atoms with Gasteiger partial charge in [0, 0.05) is 30.7 Å². The van der Waals surface area contributed by atoms with Crippen molar-refractivity contribution in [1.82, 2.24) is 14.9 Å². The topological polar surface area (TPSA) is 67.5 Å². The van der Waals surface area contributed by atoms with Gasteiger partial charge in [0.05, 0.1) is 7.11 Å². The van der Waals surface area contributed by atoms with E-state index in [4.69, 9.17) is 10.5 Å². The summed E-state index contributed by atoms with van der Waals surface area (Å²) in [5, 5.41) is 0. The fourth-order valence-electron chi connectivity index (χ4n) is 5.37. The maximum atomic E-state index is 5.88. The Labute approximate surface area is 154 Å². The molecule has 6 nitrogen and oxygen atoms in total. The van der Waals surface area contributed by atoms with Gasteiger partial charge in [-0.2, -0.15) is 4.98 Å². The minimum atomic E-state index is 0.352. The Morgan fingerprint density at radius 1 is 1.15 bits per heavy atom. The molecule has 1 aromatic heterocycles. The van der Waals surface area contributed by atoms with Gasteiger partial charge < -0.3 is 15.4 Å². The molecule has 4 aliphatic heterocycles. The van der Waals surface area contributed by atoms with E-state index in [-0.39, 0.29) is 0 Å². The van der Waals surface area contributed by atoms with E-state index in [2.05, 4.69) is 38.0 Å². The zero-order valence-electron chi connectivity index (χ0n) is 15.1. The number of anilines is 2. The van der Waals surface area contributed by atoms with Gasteiger partial charge in [-0.25, -0.2) is 4.98 Å². The summed E-state index contributed by atoms with van der Waals surface area (Å²) in [5.74, 6) is 3.43. The number of hydrogen-bond acceptors (Lipinski definition) is 6. The number of ether oxygens (including phenoxy) is 1. The Morgan fingerprint density at radius 2 is 2.00 bits per heavy atom. The molecule has 0 spiro atoms. The molecule has 2 aromatic rings. The van der Waals surface area contributed by atoms with Crippen LogP contribution in [0.2, 0.25) is 0 Å². The smallest absolute Gasteiger partial charge is 0.221 e. The van der Waals surface area contributed by atoms with E-state index in [0.717, 1.165) is 24.0 Å². The number of nitrogens with zero attached hydrogens (tertiary/aromatic N) is 4. The van der Waals surface area contributed by atoms with Gasteiger partial charge in [0.15, 0.2) is 0 Å². The molecule has 1 aromatic carbocycles. The second kappa shape index (κ2) is 6.13. The molecular weight excluding hydrogens is 326 g/mol. The first-order chi connectivity index (χ1) is 12.7. The van der Waals surface area contributed by atoms with Gasteiger partial charge in [-0.05, 0) is 55.6 Å². The average Bonchev–Trinajstić information content (AvgIpc) is 3.12. The van der Waals surface area contributed by atoms with Gasteiger partial charge in [-0.1, -0.05) is 12.1 Å². The van der Waals surface area contributed by atoms with Gasteiger partial charge >= 0.3 is 0 Å². The molecule has 0 amide bonds. The molecule has 4 fully saturated rings. The first-order valence-electron chi connectivity index (χ1n) is 9.48. The molecule has 0 unspecified atom stereocenters. The monoisotopic (exact) mass is 351 g/mol. The lowest BCUT2D eigenvalue weighted by atomic mass is 9.75. The molecule has 4 aliphatic rings. The second-order valence-corrected chi connectivity index (χ2v) is 7.66. The predicted molar refractivity (Wildman–Crippen MR) is 101 cm³/mol. The summed E-state index contributed by atoms with van der Waals surface area (Å²) in [5.41, 5.74) is 7.24. The van der Waals surface area contributed by atoms with Gasteiger partial charge in [-0.15, -0.1) is 0 Å². The number of nitrogen functional groups attached to an aromatic ring is 1. The number of fused-ring (bicyclic) bond motifs is 2. The number of aromatic nitrogens is 2. The largest absolute Gasteiger partial charge is 0.497 e. The standard InChI is InChI=1S/C20H25N5O/c1-26-15-4-2-3-14(11-15)16-12-25(17-5-8-22-20(21)23-17)18-13-6-9-24(10-7-13)19(16)18/h2-5,8,11,13,16,18-19H,6-7,9-10,12H2,1H3,(H2,21,22,23)/t16-,18-,19-/m1/s1. The van der Waals surface area contributed by atoms with E-state index in [1.165, 1.54) is 31.5 Å². The van der Waals surface area contributed by atoms with Crippen LogP contribution < -0.4 is 15.4 Å². The number of nitrogens with two attached hydrogens (primary N) is 1. The molecule has 6 rings (SSSR count). The highest BCUT2D eigenvalue weighted by Crippen LogP contribution is 2.47. The van der Waals surface area contributed by atoms with E-state index in [1.807, 2.05) is 12.1 Å². The van der Waals surface area contributed by atoms with Crippen molar-refractivity contribution in [3.05, 3.63) is 42.1 Å². The van der Waals surface area contributed by atoms with E-state index in [9.17, 15) is 0 Å². The van der Waals surface area contributed by atoms with Crippen LogP contribution in [0, 0.1) is 5.92 Å². The summed E-state index contributed by atoms with van der Waals surface area (Å²) in [6.45, 7) is 3.39. The van der Waals surface area contributed by atoms with Crippen molar-refractivity contribution in [3.8, 4) is 5.75 Å². The Kier molecular flexibility index (Phi) is 3.74. The lowest BCUT2D eigenvalue weighted by molar-refractivity contribution is 0.0354. The van der Waals surface area contributed by atoms with Gasteiger partial charge in [0.25, 0.3) is 0 Å². The minimum absolute atomic E-state index is 0.352. The van der Waals surface area contributed by atoms with Crippen LogP contribution in [-0.2, 0) is 0 Å². The maximum Gasteiger partial charge on any atom is 0.221 e. The van der Waals surface area contributed by atoms with Crippen LogP contribution in [0.3, 0.4) is 0 Å². The molecule has 2 N–H and O–H groups in total. The average molecular weight is 351 g/mol. The lowest BCUT2D eigenvalue weighted by Gasteiger charge is -2.51. The highest BCUT2D eigenvalue weighted by Gasteiger charge is 2.53. The molecule has 2 bridgehead atoms. The summed E-state index contributed by atoms with van der Waals surface area (Å²) in [7, 11) is 1.73. The van der Waals surface area contributed by atoms with Crippen molar-refractivity contribution in [2.24, 2.45) is 5.92 Å². The normalized spacial score (nSPS) is 32.5. The van der Waals surface area contributed by atoms with Crippen molar-refractivity contribution >= 4 is 11.8 Å². The molecule has 4 saturated heterocycles. The SMILES string of the molecule is COc1cccc([C@H]2CN(c3ccnc(N)n3)[C@@H]3C4CCN(CC4)[C@H]23)c1. The van der Waals surface area contributed by atoms with Gasteiger partial charge in [0.2, 0.25) is 5.95 Å². The first kappa shape index (κ1) is 15.9. The molecule has 5 heterocycles. The van der Waals surface area contributed by atoms with E-state index in [1.54, 1.807) is 13.3 Å². The molecular formula is C20H25N5O. The van der Waals surface area contributed by atoms with Crippen molar-refractivity contribution in [2.45, 2.75) is 30.8 Å². The van der Waals surface area contributed by atoms with Crippen LogP contribution >= 0.6 is 0 Å². The maximum absolute atomic E-state index is 5.88. The van der Waals surface area contributed by atoms with Crippen LogP contribution in [0.5, 0.6) is 5.75 Å². The molecule has 6 heteroatoms. The first-order valence-corrected chi connectivity index (χ1v) is 9.48. The Bertz CT molecular complexity index is 804. The Morgan fingerprint density at radius 3 is 2.77 bits per heavy atom. The molecule has 26 heavy (non-hydrogen) atoms. The predicted octanol–water partition coefficient (Wildman–Crippen LogP) is 2.13. The van der Waals surface area contributed by atoms with Crippen LogP contribution in [-0.4, -0.2) is 53.7 Å². The molecule has 0 saturated carbocycles. The van der Waals surface area contributed by atoms with Crippen LogP contribution in [0.25, 0.3) is 0 Å². The van der Waals surface area contributed by atoms with Crippen molar-refractivity contribution in [2.75, 3.05) is 37.4 Å². The number of benzene rings is 1. The van der Waals surface area contributed by atoms with Crippen molar-refractivity contribution < 1.29 is 4.74 Å². The zero-order valence-corrected chi connectivity index (χ0v) is 15.1. The summed E-state index contributed by atoms with van der Waals surface area (Å²) in [6.07, 6.45) is 4.33. The zero-order chi connectivity index (χ0) is 17.7. The van der Waals surface area contributed by atoms with Crippen molar-refractivity contribution in [1.29, 1.82) is 0 Å². The van der Waals surface area contributed by atoms with E-state index in [0.29, 0.717) is 23.9 Å². The van der Waals surface area contributed by atoms with E-state index < -0.39 is 0 Å². The Hall–Kier alpha value is -2.34. The lowest BCUT2D eigenvalue weighted by Crippen LogP contribution is -2.60. The van der Waals surface area contributed by atoms with Crippen LogP contribution in [0.1, 0.15) is 24.3 Å². The summed E-state index contributed by atoms with van der Waals surface area (Å²) in [4.78, 5) is 13.8. The van der Waals surface area contributed by atoms with Crippen LogP contribution in [0.15, 0.2) is 36.5 Å². The molecule has 0 radical (unpaired) electrons. The summed E-state index contributed by atoms with van der Waals surface area (Å²) in [6, 6.07) is 11.6. The minimum Gasteiger partial charge on any atom is -0.497 e. The second-order valence-electron chi connectivity index (χ2n) is 7.66. The van der Waals surface area contributed by atoms with Gasteiger partial charge in [0.1, 0.15) is 11.6 Å². The highest BCUT2D eigenvalue weighted by atomic mass is 16.5. The third-order valence-corrected chi connectivity index (χ3v) is 6.47. The molecule has 3 atom stereocenters. The molecule has 136 valence electrons. The summed E-state index contributed by atoms with van der Waals surface area (Å²) >= 11 is 0. The number of piperidine rings is 3. The number of rotatable bonds is 3. The van der Waals surface area contributed by atoms with Gasteiger partial charge in [-0.3, -0.25) is 4.90 Å². The fraction of sp³-hybridized carbons (Fsp3) is 0.500. The van der Waals surface area contributed by atoms with E-state index >= 15 is 0 Å². The third-order valence-electron chi connectivity index (χ3n) is 6.47. The third kappa shape index (κ3) is 2.43. The van der Waals surface area contributed by atoms with Crippen LogP contribution in [0.4, 0.5) is 11.8 Å². The van der Waals surface area contributed by atoms with Crippen molar-refractivity contribution in [3.63, 3.8) is 0 Å². The number of hydrogen-bond donors (Lipinski definition) is 1. The number of methoxy groups -OCH3 is 1. The fourth-order valence-corrected chi connectivity index (χ4v) is 5.37. The molecule has 0 aliphatic carbocycles. The quantitative estimate of drug-likeness (QED) is 0.914. The Balaban J connectivity index is 1.56.